The number of nitrogens with zero attached hydrogens (tertiary/aromatic N) is 1. The molecule has 6 nitrogen and oxygen atoms in total. The molecule has 0 spiro atoms. The Bertz CT molecular complexity index is 1330. The lowest BCUT2D eigenvalue weighted by atomic mass is 9.97. The Hall–Kier alpha value is -4.00. The molecule has 0 atom stereocenters. The molecule has 2 heterocycles. The predicted octanol–water partition coefficient (Wildman–Crippen LogP) is 4.88. The molecule has 2 aromatic carbocycles. The third-order valence-corrected chi connectivity index (χ3v) is 5.10. The number of anilines is 1. The van der Waals surface area contributed by atoms with Crippen LogP contribution in [0.5, 0.6) is 5.75 Å². The van der Waals surface area contributed by atoms with Gasteiger partial charge < -0.3 is 15.0 Å². The number of aromatic nitrogens is 2. The van der Waals surface area contributed by atoms with Crippen LogP contribution in [0.25, 0.3) is 22.2 Å². The minimum absolute atomic E-state index is 0.0293. The van der Waals surface area contributed by atoms with E-state index in [0.29, 0.717) is 33.6 Å². The van der Waals surface area contributed by atoms with E-state index < -0.39 is 11.6 Å². The SMILES string of the molecule is COc1ccc(F)c(C(=O)c2c[nH]c3ncc(-c4cccc(NC(C)=O)c4)cc23)c1C. The topological polar surface area (TPSA) is 84.1 Å². The van der Waals surface area contributed by atoms with Crippen LogP contribution in [-0.4, -0.2) is 28.8 Å². The van der Waals surface area contributed by atoms with E-state index >= 15 is 0 Å². The number of rotatable bonds is 5. The molecule has 0 radical (unpaired) electrons. The molecule has 4 rings (SSSR count). The first-order valence-electron chi connectivity index (χ1n) is 9.62. The molecule has 0 saturated heterocycles. The molecular weight excluding hydrogens is 397 g/mol. The molecule has 2 aromatic heterocycles. The number of hydrogen-bond donors (Lipinski definition) is 2. The first-order valence-corrected chi connectivity index (χ1v) is 9.62. The molecule has 0 unspecified atom stereocenters. The Kier molecular flexibility index (Phi) is 5.25. The van der Waals surface area contributed by atoms with Crippen molar-refractivity contribution in [3.05, 3.63) is 77.4 Å². The zero-order valence-corrected chi connectivity index (χ0v) is 17.2. The smallest absolute Gasteiger partial charge is 0.221 e. The highest BCUT2D eigenvalue weighted by atomic mass is 19.1. The molecule has 0 aliphatic rings. The van der Waals surface area contributed by atoms with E-state index in [-0.39, 0.29) is 11.5 Å². The van der Waals surface area contributed by atoms with Crippen LogP contribution in [0.15, 0.2) is 54.9 Å². The molecule has 0 aliphatic heterocycles. The predicted molar refractivity (Wildman–Crippen MR) is 117 cm³/mol. The molecule has 7 heteroatoms. The standard InChI is InChI=1S/C24H20FN3O3/c1-13-21(31-3)8-7-20(25)22(13)23(30)19-12-27-24-18(19)10-16(11-26-24)15-5-4-6-17(9-15)28-14(2)29/h4-12H,1-3H3,(H,26,27)(H,28,29). The molecule has 0 aliphatic carbocycles. The van der Waals surface area contributed by atoms with Crippen LogP contribution in [0.1, 0.15) is 28.4 Å². The summed E-state index contributed by atoms with van der Waals surface area (Å²) in [5, 5.41) is 3.33. The number of nitrogens with one attached hydrogen (secondary N) is 2. The van der Waals surface area contributed by atoms with Crippen LogP contribution in [0, 0.1) is 12.7 Å². The summed E-state index contributed by atoms with van der Waals surface area (Å²) in [7, 11) is 1.48. The maximum absolute atomic E-state index is 14.6. The molecule has 4 aromatic rings. The number of carbonyl (C=O) groups is 2. The summed E-state index contributed by atoms with van der Waals surface area (Å²) >= 11 is 0. The Balaban J connectivity index is 1.80. The van der Waals surface area contributed by atoms with E-state index in [2.05, 4.69) is 15.3 Å². The van der Waals surface area contributed by atoms with E-state index in [4.69, 9.17) is 4.74 Å². The lowest BCUT2D eigenvalue weighted by molar-refractivity contribution is -0.114. The van der Waals surface area contributed by atoms with Gasteiger partial charge in [0.1, 0.15) is 17.2 Å². The lowest BCUT2D eigenvalue weighted by Crippen LogP contribution is -2.07. The molecule has 156 valence electrons. The average molecular weight is 417 g/mol. The summed E-state index contributed by atoms with van der Waals surface area (Å²) in [6.45, 7) is 3.10. The van der Waals surface area contributed by atoms with Gasteiger partial charge in [-0.2, -0.15) is 0 Å². The van der Waals surface area contributed by atoms with Crippen molar-refractivity contribution in [2.45, 2.75) is 13.8 Å². The van der Waals surface area contributed by atoms with Crippen molar-refractivity contribution in [2.24, 2.45) is 0 Å². The van der Waals surface area contributed by atoms with Gasteiger partial charge in [-0.05, 0) is 42.8 Å². The summed E-state index contributed by atoms with van der Waals surface area (Å²) in [5.41, 5.74) is 3.49. The minimum Gasteiger partial charge on any atom is -0.496 e. The molecule has 0 saturated carbocycles. The number of amides is 1. The minimum atomic E-state index is -0.607. The van der Waals surface area contributed by atoms with E-state index in [1.165, 1.54) is 32.4 Å². The summed E-state index contributed by atoms with van der Waals surface area (Å²) in [6, 6.07) is 11.9. The zero-order valence-electron chi connectivity index (χ0n) is 17.2. The Morgan fingerprint density at radius 1 is 1.13 bits per heavy atom. The van der Waals surface area contributed by atoms with Gasteiger partial charge >= 0.3 is 0 Å². The zero-order chi connectivity index (χ0) is 22.1. The largest absolute Gasteiger partial charge is 0.496 e. The van der Waals surface area contributed by atoms with Crippen molar-refractivity contribution in [1.82, 2.24) is 9.97 Å². The molecule has 31 heavy (non-hydrogen) atoms. The van der Waals surface area contributed by atoms with E-state index in [1.807, 2.05) is 24.3 Å². The maximum Gasteiger partial charge on any atom is 0.221 e. The fourth-order valence-corrected chi connectivity index (χ4v) is 3.62. The molecule has 2 N–H and O–H groups in total. The highest BCUT2D eigenvalue weighted by Crippen LogP contribution is 2.30. The number of methoxy groups -OCH3 is 1. The van der Waals surface area contributed by atoms with Crippen LogP contribution in [-0.2, 0) is 4.79 Å². The second kappa shape index (κ2) is 8.02. The molecule has 1 amide bonds. The van der Waals surface area contributed by atoms with Crippen molar-refractivity contribution < 1.29 is 18.7 Å². The van der Waals surface area contributed by atoms with Crippen LogP contribution >= 0.6 is 0 Å². The number of ether oxygens (including phenoxy) is 1. The second-order valence-electron chi connectivity index (χ2n) is 7.16. The van der Waals surface area contributed by atoms with Gasteiger partial charge in [-0.15, -0.1) is 0 Å². The lowest BCUT2D eigenvalue weighted by Gasteiger charge is -2.10. The number of H-pyrrole nitrogens is 1. The summed E-state index contributed by atoms with van der Waals surface area (Å²) < 4.78 is 19.8. The number of ketones is 1. The normalized spacial score (nSPS) is 10.8. The number of carbonyl (C=O) groups excluding carboxylic acids is 2. The highest BCUT2D eigenvalue weighted by molar-refractivity contribution is 6.17. The highest BCUT2D eigenvalue weighted by Gasteiger charge is 2.22. The summed E-state index contributed by atoms with van der Waals surface area (Å²) in [4.78, 5) is 32.0. The first-order chi connectivity index (χ1) is 14.9. The van der Waals surface area contributed by atoms with Crippen molar-refractivity contribution in [3.63, 3.8) is 0 Å². The number of halogens is 1. The van der Waals surface area contributed by atoms with E-state index in [0.717, 1.165) is 11.1 Å². The Morgan fingerprint density at radius 3 is 2.68 bits per heavy atom. The van der Waals surface area contributed by atoms with E-state index in [1.54, 1.807) is 19.2 Å². The molecule has 0 fully saturated rings. The van der Waals surface area contributed by atoms with Crippen LogP contribution in [0.4, 0.5) is 10.1 Å². The Morgan fingerprint density at radius 2 is 1.94 bits per heavy atom. The number of pyridine rings is 1. The van der Waals surface area contributed by atoms with Gasteiger partial charge in [-0.3, -0.25) is 9.59 Å². The monoisotopic (exact) mass is 417 g/mol. The van der Waals surface area contributed by atoms with Crippen LogP contribution in [0.2, 0.25) is 0 Å². The van der Waals surface area contributed by atoms with Gasteiger partial charge in [-0.1, -0.05) is 12.1 Å². The number of hydrogen-bond acceptors (Lipinski definition) is 4. The third kappa shape index (κ3) is 3.77. The van der Waals surface area contributed by atoms with Crippen molar-refractivity contribution >= 4 is 28.4 Å². The fourth-order valence-electron chi connectivity index (χ4n) is 3.62. The van der Waals surface area contributed by atoms with Gasteiger partial charge in [0, 0.05) is 47.1 Å². The Labute approximate surface area is 178 Å². The van der Waals surface area contributed by atoms with Crippen molar-refractivity contribution in [1.29, 1.82) is 0 Å². The quantitative estimate of drug-likeness (QED) is 0.454. The van der Waals surface area contributed by atoms with Gasteiger partial charge in [-0.25, -0.2) is 9.37 Å². The summed E-state index contributed by atoms with van der Waals surface area (Å²) in [6.07, 6.45) is 3.22. The van der Waals surface area contributed by atoms with Gasteiger partial charge in [0.2, 0.25) is 5.91 Å². The third-order valence-electron chi connectivity index (χ3n) is 5.10. The van der Waals surface area contributed by atoms with E-state index in [9.17, 15) is 14.0 Å². The average Bonchev–Trinajstić information content (AvgIpc) is 3.17. The summed E-state index contributed by atoms with van der Waals surface area (Å²) in [5.74, 6) is -0.783. The first kappa shape index (κ1) is 20.3. The number of aromatic amines is 1. The van der Waals surface area contributed by atoms with Crippen LogP contribution in [0.3, 0.4) is 0 Å². The van der Waals surface area contributed by atoms with Gasteiger partial charge in [0.25, 0.3) is 0 Å². The molecule has 0 bridgehead atoms. The fraction of sp³-hybridized carbons (Fsp3) is 0.125. The van der Waals surface area contributed by atoms with Crippen molar-refractivity contribution in [2.75, 3.05) is 12.4 Å². The van der Waals surface area contributed by atoms with Crippen molar-refractivity contribution in [3.8, 4) is 16.9 Å². The second-order valence-corrected chi connectivity index (χ2v) is 7.16. The van der Waals surface area contributed by atoms with Gasteiger partial charge in [0.15, 0.2) is 5.78 Å². The maximum atomic E-state index is 14.6. The molecular formula is C24H20FN3O3. The number of benzene rings is 2. The number of fused-ring (bicyclic) bond motifs is 1. The van der Waals surface area contributed by atoms with Gasteiger partial charge in [0.05, 0.1) is 12.7 Å². The van der Waals surface area contributed by atoms with Crippen LogP contribution < -0.4 is 10.1 Å².